The van der Waals surface area contributed by atoms with E-state index in [0.717, 1.165) is 22.6 Å². The average molecular weight is 406 g/mol. The Morgan fingerprint density at radius 2 is 1.73 bits per heavy atom. The zero-order valence-electron chi connectivity index (χ0n) is 17.5. The first-order chi connectivity index (χ1) is 14.5. The van der Waals surface area contributed by atoms with Crippen molar-refractivity contribution in [3.63, 3.8) is 0 Å². The van der Waals surface area contributed by atoms with Crippen LogP contribution < -0.4 is 10.1 Å². The van der Waals surface area contributed by atoms with E-state index < -0.39 is 0 Å². The number of aromatic nitrogens is 1. The van der Waals surface area contributed by atoms with Crippen molar-refractivity contribution >= 4 is 11.9 Å². The quantitative estimate of drug-likeness (QED) is 0.575. The fourth-order valence-electron chi connectivity index (χ4n) is 3.26. The van der Waals surface area contributed by atoms with Crippen molar-refractivity contribution in [1.82, 2.24) is 9.88 Å². The van der Waals surface area contributed by atoms with Crippen LogP contribution in [0.4, 0.5) is 0 Å². The second kappa shape index (κ2) is 9.78. The Morgan fingerprint density at radius 1 is 1.03 bits per heavy atom. The van der Waals surface area contributed by atoms with E-state index in [1.54, 1.807) is 20.1 Å². The lowest BCUT2D eigenvalue weighted by Crippen LogP contribution is -2.27. The third-order valence-electron chi connectivity index (χ3n) is 4.88. The lowest BCUT2D eigenvalue weighted by atomic mass is 10.1. The van der Waals surface area contributed by atoms with Crippen LogP contribution in [-0.2, 0) is 22.6 Å². The third-order valence-corrected chi connectivity index (χ3v) is 4.88. The first-order valence-corrected chi connectivity index (χ1v) is 9.85. The molecule has 0 atom stereocenters. The average Bonchev–Trinajstić information content (AvgIpc) is 3.09. The Labute approximate surface area is 176 Å². The van der Waals surface area contributed by atoms with Crippen LogP contribution in [0, 0.1) is 6.92 Å². The van der Waals surface area contributed by atoms with E-state index in [-0.39, 0.29) is 18.4 Å². The number of nitrogens with zero attached hydrogens (tertiary/aromatic N) is 1. The Kier molecular flexibility index (Phi) is 6.91. The largest absolute Gasteiger partial charge is 0.497 e. The summed E-state index contributed by atoms with van der Waals surface area (Å²) in [6, 6.07) is 19.0. The van der Waals surface area contributed by atoms with Crippen molar-refractivity contribution in [1.29, 1.82) is 0 Å². The van der Waals surface area contributed by atoms with E-state index in [4.69, 9.17) is 9.47 Å². The number of nitrogens with one attached hydrogen (secondary N) is 1. The number of amides is 1. The van der Waals surface area contributed by atoms with Gasteiger partial charge in [0.05, 0.1) is 19.3 Å². The summed E-state index contributed by atoms with van der Waals surface area (Å²) in [5.41, 5.74) is 3.88. The molecule has 0 spiro atoms. The number of rotatable bonds is 8. The van der Waals surface area contributed by atoms with Gasteiger partial charge in [-0.05, 0) is 43.2 Å². The van der Waals surface area contributed by atoms with Crippen molar-refractivity contribution in [3.8, 4) is 17.0 Å². The van der Waals surface area contributed by atoms with Crippen molar-refractivity contribution in [2.45, 2.75) is 26.9 Å². The van der Waals surface area contributed by atoms with Crippen LogP contribution in [0.3, 0.4) is 0 Å². The Morgan fingerprint density at radius 3 is 2.37 bits per heavy atom. The predicted molar refractivity (Wildman–Crippen MR) is 115 cm³/mol. The lowest BCUT2D eigenvalue weighted by molar-refractivity contribution is -0.121. The molecule has 0 aliphatic heterocycles. The summed E-state index contributed by atoms with van der Waals surface area (Å²) in [4.78, 5) is 25.0. The summed E-state index contributed by atoms with van der Waals surface area (Å²) in [5, 5.41) is 2.94. The van der Waals surface area contributed by atoms with E-state index >= 15 is 0 Å². The Hall–Kier alpha value is -3.54. The van der Waals surface area contributed by atoms with Gasteiger partial charge in [-0.1, -0.05) is 42.5 Å². The molecule has 6 heteroatoms. The summed E-state index contributed by atoms with van der Waals surface area (Å²) in [7, 11) is 1.62. The van der Waals surface area contributed by atoms with Crippen molar-refractivity contribution in [2.24, 2.45) is 0 Å². The van der Waals surface area contributed by atoms with Crippen LogP contribution >= 0.6 is 0 Å². The summed E-state index contributed by atoms with van der Waals surface area (Å²) in [6.07, 6.45) is 0. The SMILES string of the molecule is CCOC(=O)c1cc(-c2ccccc2)n(CC(=O)NCc2ccc(OC)cc2)c1C. The van der Waals surface area contributed by atoms with E-state index in [9.17, 15) is 9.59 Å². The smallest absolute Gasteiger partial charge is 0.339 e. The summed E-state index contributed by atoms with van der Waals surface area (Å²) in [6.45, 7) is 4.41. The van der Waals surface area contributed by atoms with Crippen molar-refractivity contribution in [3.05, 3.63) is 77.5 Å². The molecule has 1 N–H and O–H groups in total. The molecule has 156 valence electrons. The first kappa shape index (κ1) is 21.2. The van der Waals surface area contributed by atoms with Gasteiger partial charge in [-0.15, -0.1) is 0 Å². The van der Waals surface area contributed by atoms with Gasteiger partial charge < -0.3 is 19.4 Å². The van der Waals surface area contributed by atoms with Crippen LogP contribution in [0.2, 0.25) is 0 Å². The standard InChI is InChI=1S/C24H26N2O4/c1-4-30-24(28)21-14-22(19-8-6-5-7-9-19)26(17(21)2)16-23(27)25-15-18-10-12-20(29-3)13-11-18/h5-14H,4,15-16H2,1-3H3,(H,25,27). The number of methoxy groups -OCH3 is 1. The van der Waals surface area contributed by atoms with Gasteiger partial charge in [-0.3, -0.25) is 4.79 Å². The van der Waals surface area contributed by atoms with E-state index in [0.29, 0.717) is 24.4 Å². The molecule has 0 saturated carbocycles. The van der Waals surface area contributed by atoms with E-state index in [1.807, 2.05) is 66.1 Å². The number of carbonyl (C=O) groups is 2. The van der Waals surface area contributed by atoms with Crippen LogP contribution in [0.5, 0.6) is 5.75 Å². The highest BCUT2D eigenvalue weighted by Crippen LogP contribution is 2.26. The molecule has 1 amide bonds. The van der Waals surface area contributed by atoms with Gasteiger partial charge in [0.25, 0.3) is 0 Å². The molecule has 1 heterocycles. The molecule has 2 aromatic carbocycles. The summed E-state index contributed by atoms with van der Waals surface area (Å²) in [5.74, 6) is 0.244. The monoisotopic (exact) mass is 406 g/mol. The normalized spacial score (nSPS) is 10.5. The number of ether oxygens (including phenoxy) is 2. The number of hydrogen-bond acceptors (Lipinski definition) is 4. The highest BCUT2D eigenvalue weighted by molar-refractivity contribution is 5.93. The minimum absolute atomic E-state index is 0.103. The molecule has 3 rings (SSSR count). The highest BCUT2D eigenvalue weighted by atomic mass is 16.5. The second-order valence-corrected chi connectivity index (χ2v) is 6.83. The van der Waals surface area contributed by atoms with Gasteiger partial charge in [-0.2, -0.15) is 0 Å². The highest BCUT2D eigenvalue weighted by Gasteiger charge is 2.20. The van der Waals surface area contributed by atoms with E-state index in [1.165, 1.54) is 0 Å². The molecule has 0 bridgehead atoms. The second-order valence-electron chi connectivity index (χ2n) is 6.83. The number of carbonyl (C=O) groups excluding carboxylic acids is 2. The van der Waals surface area contributed by atoms with Crippen molar-refractivity contribution < 1.29 is 19.1 Å². The molecule has 0 aliphatic carbocycles. The number of benzene rings is 2. The maximum Gasteiger partial charge on any atom is 0.339 e. The minimum atomic E-state index is -0.385. The maximum absolute atomic E-state index is 12.7. The number of esters is 1. The molecule has 30 heavy (non-hydrogen) atoms. The first-order valence-electron chi connectivity index (χ1n) is 9.85. The minimum Gasteiger partial charge on any atom is -0.497 e. The third kappa shape index (κ3) is 4.89. The van der Waals surface area contributed by atoms with Crippen LogP contribution in [0.1, 0.15) is 28.5 Å². The molecule has 1 aromatic heterocycles. The predicted octanol–water partition coefficient (Wildman–Crippen LogP) is 3.97. The lowest BCUT2D eigenvalue weighted by Gasteiger charge is -2.13. The zero-order valence-corrected chi connectivity index (χ0v) is 17.5. The van der Waals surface area contributed by atoms with Gasteiger partial charge >= 0.3 is 5.97 Å². The van der Waals surface area contributed by atoms with Gasteiger partial charge in [0.2, 0.25) is 5.91 Å². The molecule has 0 fully saturated rings. The zero-order chi connectivity index (χ0) is 21.5. The molecule has 0 radical (unpaired) electrons. The molecule has 3 aromatic rings. The molecule has 6 nitrogen and oxygen atoms in total. The van der Waals surface area contributed by atoms with E-state index in [2.05, 4.69) is 5.32 Å². The number of hydrogen-bond donors (Lipinski definition) is 1. The molecular weight excluding hydrogens is 380 g/mol. The molecule has 0 saturated heterocycles. The Balaban J connectivity index is 1.80. The van der Waals surface area contributed by atoms with Crippen LogP contribution in [0.25, 0.3) is 11.3 Å². The van der Waals surface area contributed by atoms with Crippen LogP contribution in [-0.4, -0.2) is 30.2 Å². The van der Waals surface area contributed by atoms with Crippen molar-refractivity contribution in [2.75, 3.05) is 13.7 Å². The molecule has 0 unspecified atom stereocenters. The Bertz CT molecular complexity index is 1010. The molecule has 0 aliphatic rings. The summed E-state index contributed by atoms with van der Waals surface area (Å²) >= 11 is 0. The van der Waals surface area contributed by atoms with Gasteiger partial charge in [0, 0.05) is 17.9 Å². The van der Waals surface area contributed by atoms with Crippen LogP contribution in [0.15, 0.2) is 60.7 Å². The fraction of sp³-hybridized carbons (Fsp3) is 0.250. The van der Waals surface area contributed by atoms with Gasteiger partial charge in [0.15, 0.2) is 0 Å². The summed E-state index contributed by atoms with van der Waals surface area (Å²) < 4.78 is 12.2. The topological polar surface area (TPSA) is 69.6 Å². The molecular formula is C24H26N2O4. The fourth-order valence-corrected chi connectivity index (χ4v) is 3.26. The van der Waals surface area contributed by atoms with Gasteiger partial charge in [0.1, 0.15) is 12.3 Å². The maximum atomic E-state index is 12.7. The van der Waals surface area contributed by atoms with Gasteiger partial charge in [-0.25, -0.2) is 4.79 Å².